The number of fused-ring (bicyclic) bond motifs is 1. The number of rotatable bonds is 6. The van der Waals surface area contributed by atoms with Crippen molar-refractivity contribution in [2.75, 3.05) is 5.32 Å². The van der Waals surface area contributed by atoms with E-state index < -0.39 is 5.82 Å². The molecule has 174 valence electrons. The molecular weight excluding hydrogens is 453 g/mol. The number of nitrogens with zero attached hydrogens (tertiary/aromatic N) is 1. The first-order valence-corrected chi connectivity index (χ1v) is 11.6. The minimum atomic E-state index is -0.588. The Balaban J connectivity index is 0.00000180. The maximum atomic E-state index is 14.7. The second kappa shape index (κ2) is 9.44. The summed E-state index contributed by atoms with van der Waals surface area (Å²) in [5.74, 6) is -0.0638. The van der Waals surface area contributed by atoms with Crippen molar-refractivity contribution in [2.45, 2.75) is 18.9 Å². The van der Waals surface area contributed by atoms with Gasteiger partial charge in [-0.2, -0.15) is 0 Å². The monoisotopic (exact) mass is 477 g/mol. The second-order valence-electron chi connectivity index (χ2n) is 7.88. The average Bonchev–Trinajstić information content (AvgIpc) is 3.50. The number of amides is 2. The molecule has 2 aliphatic carbocycles. The molecule has 0 saturated heterocycles. The first kappa shape index (κ1) is 21.8. The third-order valence-corrected chi connectivity index (χ3v) is 6.44. The summed E-state index contributed by atoms with van der Waals surface area (Å²) in [6.07, 6.45) is 15.4. The predicted molar refractivity (Wildman–Crippen MR) is 136 cm³/mol. The summed E-state index contributed by atoms with van der Waals surface area (Å²) < 4.78 is 21.4. The van der Waals surface area contributed by atoms with Crippen molar-refractivity contribution in [3.8, 4) is 11.5 Å². The largest absolute Gasteiger partial charge is 0.453 e. The van der Waals surface area contributed by atoms with Crippen LogP contribution in [0.15, 0.2) is 78.6 Å². The topological polar surface area (TPSA) is 80.3 Å². The normalized spacial score (nSPS) is 20.1. The van der Waals surface area contributed by atoms with E-state index in [-0.39, 0.29) is 20.7 Å². The van der Waals surface area contributed by atoms with Crippen LogP contribution in [0.25, 0.3) is 15.8 Å². The third kappa shape index (κ3) is 4.97. The zero-order valence-corrected chi connectivity index (χ0v) is 18.8. The first-order valence-electron chi connectivity index (χ1n) is 10.7. The molecule has 6 nitrogen and oxygen atoms in total. The van der Waals surface area contributed by atoms with Crippen molar-refractivity contribution >= 4 is 45.1 Å². The Morgan fingerprint density at radius 1 is 1.15 bits per heavy atom. The molecule has 2 aromatic heterocycles. The lowest BCUT2D eigenvalue weighted by Gasteiger charge is -2.10. The van der Waals surface area contributed by atoms with Gasteiger partial charge in [0.2, 0.25) is 0 Å². The van der Waals surface area contributed by atoms with Crippen LogP contribution in [0, 0.1) is 5.82 Å². The number of ether oxygens (including phenoxy) is 1. The predicted octanol–water partition coefficient (Wildman–Crippen LogP) is 6.64. The van der Waals surface area contributed by atoms with E-state index in [4.69, 9.17) is 4.74 Å². The lowest BCUT2D eigenvalue weighted by Crippen LogP contribution is -2.30. The Morgan fingerprint density at radius 3 is 2.79 bits per heavy atom. The van der Waals surface area contributed by atoms with Crippen molar-refractivity contribution in [1.82, 2.24) is 10.3 Å². The zero-order valence-electron chi connectivity index (χ0n) is 18.0. The van der Waals surface area contributed by atoms with Crippen LogP contribution in [0.5, 0.6) is 11.5 Å². The van der Waals surface area contributed by atoms with E-state index in [9.17, 15) is 14.0 Å². The Morgan fingerprint density at radius 2 is 2.00 bits per heavy atom. The molecular formula is C26H24FN3O3S. The number of aromatic nitrogens is 1. The molecule has 0 radical (unpaired) electrons. The minimum Gasteiger partial charge on any atom is -0.453 e. The van der Waals surface area contributed by atoms with Crippen LogP contribution in [-0.4, -0.2) is 23.3 Å². The maximum Gasteiger partial charge on any atom is 0.319 e. The van der Waals surface area contributed by atoms with Crippen LogP contribution in [0.3, 0.4) is 0 Å². The summed E-state index contributed by atoms with van der Waals surface area (Å²) in [5.41, 5.74) is 2.56. The van der Waals surface area contributed by atoms with E-state index >= 15 is 0 Å². The van der Waals surface area contributed by atoms with E-state index in [2.05, 4.69) is 15.6 Å². The van der Waals surface area contributed by atoms with Gasteiger partial charge in [-0.3, -0.25) is 9.78 Å². The average molecular weight is 478 g/mol. The molecule has 0 bridgehead atoms. The van der Waals surface area contributed by atoms with Gasteiger partial charge in [0, 0.05) is 43.4 Å². The van der Waals surface area contributed by atoms with Gasteiger partial charge in [0.15, 0.2) is 11.6 Å². The van der Waals surface area contributed by atoms with Crippen molar-refractivity contribution in [1.29, 1.82) is 0 Å². The molecule has 0 spiro atoms. The number of halogens is 1. The molecule has 0 atom stereocenters. The number of benzene rings is 1. The SMILES string of the molecule is O=CC1=C/C=C(c2cc3nccc(Oc4ccc(NC(=O)NC5CC5)cc4F)c3s2)\C=C\C=C\1.[HH].[HH]. The quantitative estimate of drug-likeness (QED) is 0.390. The number of thiophene rings is 1. The van der Waals surface area contributed by atoms with E-state index in [0.29, 0.717) is 17.0 Å². The number of pyridine rings is 1. The van der Waals surface area contributed by atoms with Crippen LogP contribution in [-0.2, 0) is 4.79 Å². The molecule has 5 rings (SSSR count). The molecule has 2 aliphatic rings. The summed E-state index contributed by atoms with van der Waals surface area (Å²) in [5, 5.41) is 5.43. The van der Waals surface area contributed by atoms with Crippen molar-refractivity contribution in [3.63, 3.8) is 0 Å². The third-order valence-electron chi connectivity index (χ3n) is 5.25. The maximum absolute atomic E-state index is 14.7. The Hall–Kier alpha value is -4.04. The van der Waals surface area contributed by atoms with E-state index in [1.807, 2.05) is 30.4 Å². The number of allylic oxidation sites excluding steroid dienone is 8. The Bertz CT molecular complexity index is 1410. The second-order valence-corrected chi connectivity index (χ2v) is 8.93. The number of nitrogens with one attached hydrogen (secondary N) is 2. The van der Waals surface area contributed by atoms with Crippen LogP contribution in [0.2, 0.25) is 0 Å². The van der Waals surface area contributed by atoms with Crippen molar-refractivity contribution in [2.24, 2.45) is 0 Å². The van der Waals surface area contributed by atoms with Crippen LogP contribution >= 0.6 is 11.3 Å². The van der Waals surface area contributed by atoms with Gasteiger partial charge in [0.1, 0.15) is 12.0 Å². The van der Waals surface area contributed by atoms with Gasteiger partial charge >= 0.3 is 6.03 Å². The minimum absolute atomic E-state index is 0. The number of hydrogen-bond acceptors (Lipinski definition) is 5. The number of urea groups is 1. The molecule has 1 aromatic carbocycles. The molecule has 8 heteroatoms. The summed E-state index contributed by atoms with van der Waals surface area (Å²) in [6.45, 7) is 0. The molecule has 3 aromatic rings. The van der Waals surface area contributed by atoms with Gasteiger partial charge < -0.3 is 15.4 Å². The standard InChI is InChI=1S/C26H20FN3O3S.2H2/c27-20-13-19(30-26(32)29-18-7-8-18)9-10-22(20)33-23-11-12-28-21-14-24(34-25(21)23)17-4-2-1-3-16(15-31)5-6-17;;/h1-6,9-15,18H,7-8H2,(H2,29,30,32);2*1H/b2-1?,3-1+,4-2+,6-5?,16-3?,16-5+,17-4?,17-6+;;. The number of carbonyl (C=O) groups excluding carboxylic acids is 2. The highest BCUT2D eigenvalue weighted by Crippen LogP contribution is 2.38. The van der Waals surface area contributed by atoms with Crippen LogP contribution in [0.1, 0.15) is 20.6 Å². The van der Waals surface area contributed by atoms with Crippen molar-refractivity contribution in [3.05, 3.63) is 89.3 Å². The molecule has 34 heavy (non-hydrogen) atoms. The molecule has 2 N–H and O–H groups in total. The molecule has 0 unspecified atom stereocenters. The summed E-state index contributed by atoms with van der Waals surface area (Å²) >= 11 is 1.47. The van der Waals surface area contributed by atoms with Gasteiger partial charge in [0.05, 0.1) is 10.2 Å². The molecule has 1 saturated carbocycles. The first-order chi connectivity index (χ1) is 16.6. The molecule has 2 heterocycles. The van der Waals surface area contributed by atoms with E-state index in [1.165, 1.54) is 23.5 Å². The fourth-order valence-corrected chi connectivity index (χ4v) is 4.43. The van der Waals surface area contributed by atoms with Crippen LogP contribution in [0.4, 0.5) is 14.9 Å². The summed E-state index contributed by atoms with van der Waals surface area (Å²) in [4.78, 5) is 28.4. The summed E-state index contributed by atoms with van der Waals surface area (Å²) in [7, 11) is 0. The van der Waals surface area contributed by atoms with Gasteiger partial charge in [-0.25, -0.2) is 9.18 Å². The molecule has 1 fully saturated rings. The Labute approximate surface area is 202 Å². The smallest absolute Gasteiger partial charge is 0.319 e. The zero-order chi connectivity index (χ0) is 23.5. The van der Waals surface area contributed by atoms with Crippen molar-refractivity contribution < 1.29 is 21.6 Å². The highest BCUT2D eigenvalue weighted by atomic mass is 32.1. The van der Waals surface area contributed by atoms with E-state index in [0.717, 1.165) is 39.8 Å². The number of carbonyl (C=O) groups is 2. The fraction of sp³-hybridized carbons (Fsp3) is 0.115. The van der Waals surface area contributed by atoms with Gasteiger partial charge in [0.25, 0.3) is 0 Å². The Kier molecular flexibility index (Phi) is 6.05. The molecule has 2 amide bonds. The number of aldehydes is 1. The van der Waals surface area contributed by atoms with Gasteiger partial charge in [-0.1, -0.05) is 36.5 Å². The van der Waals surface area contributed by atoms with Gasteiger partial charge in [-0.15, -0.1) is 11.3 Å². The number of anilines is 1. The lowest BCUT2D eigenvalue weighted by atomic mass is 10.1. The van der Waals surface area contributed by atoms with E-state index in [1.54, 1.807) is 30.5 Å². The number of hydrogen-bond donors (Lipinski definition) is 2. The lowest BCUT2D eigenvalue weighted by molar-refractivity contribution is -0.104. The van der Waals surface area contributed by atoms with Gasteiger partial charge in [-0.05, 0) is 36.6 Å². The highest BCUT2D eigenvalue weighted by Gasteiger charge is 2.23. The summed E-state index contributed by atoms with van der Waals surface area (Å²) in [6, 6.07) is 7.80. The fourth-order valence-electron chi connectivity index (χ4n) is 3.36. The highest BCUT2D eigenvalue weighted by molar-refractivity contribution is 7.20. The van der Waals surface area contributed by atoms with Crippen LogP contribution < -0.4 is 15.4 Å². The molecule has 0 aliphatic heterocycles.